The topological polar surface area (TPSA) is 95.2 Å². The molecular weight excluding hydrogens is 396 g/mol. The summed E-state index contributed by atoms with van der Waals surface area (Å²) < 4.78 is 7.79. The fourth-order valence-electron chi connectivity index (χ4n) is 3.86. The van der Waals surface area contributed by atoms with Crippen LogP contribution in [0.4, 0.5) is 5.82 Å². The van der Waals surface area contributed by atoms with Gasteiger partial charge in [0.2, 0.25) is 0 Å². The maximum absolute atomic E-state index is 13.2. The number of benzene rings is 1. The molecule has 31 heavy (non-hydrogen) atoms. The highest BCUT2D eigenvalue weighted by Crippen LogP contribution is 2.42. The summed E-state index contributed by atoms with van der Waals surface area (Å²) in [6, 6.07) is 14.6. The standard InChI is InChI=1S/C23H22N4O4/c1-4-31-22(29)17-16(15-12-8-9-13-24-15)18-20(26(2)23(30)27(3)21(18)28)25-19(17)14-10-6-5-7-11-14/h5-13,16,25H,4H2,1-3H3. The van der Waals surface area contributed by atoms with Crippen molar-refractivity contribution in [3.63, 3.8) is 0 Å². The Morgan fingerprint density at radius 3 is 2.42 bits per heavy atom. The van der Waals surface area contributed by atoms with Gasteiger partial charge in [-0.15, -0.1) is 0 Å². The Bertz CT molecular complexity index is 1290. The Hall–Kier alpha value is -3.94. The average molecular weight is 418 g/mol. The van der Waals surface area contributed by atoms with E-state index in [-0.39, 0.29) is 17.7 Å². The number of hydrogen-bond acceptors (Lipinski definition) is 6. The summed E-state index contributed by atoms with van der Waals surface area (Å²) in [5.41, 5.74) is 1.30. The molecule has 1 aliphatic heterocycles. The van der Waals surface area contributed by atoms with Crippen molar-refractivity contribution < 1.29 is 9.53 Å². The average Bonchev–Trinajstić information content (AvgIpc) is 2.81. The molecule has 158 valence electrons. The highest BCUT2D eigenvalue weighted by Gasteiger charge is 2.39. The van der Waals surface area contributed by atoms with Crippen molar-refractivity contribution in [3.8, 4) is 0 Å². The van der Waals surface area contributed by atoms with Crippen LogP contribution in [0.3, 0.4) is 0 Å². The zero-order valence-corrected chi connectivity index (χ0v) is 17.5. The van der Waals surface area contributed by atoms with Crippen LogP contribution in [0.15, 0.2) is 69.9 Å². The van der Waals surface area contributed by atoms with E-state index in [2.05, 4.69) is 10.3 Å². The first kappa shape index (κ1) is 20.3. The minimum absolute atomic E-state index is 0.178. The summed E-state index contributed by atoms with van der Waals surface area (Å²) in [7, 11) is 3.00. The van der Waals surface area contributed by atoms with Gasteiger partial charge in [0.15, 0.2) is 0 Å². The molecule has 4 rings (SSSR count). The van der Waals surface area contributed by atoms with Gasteiger partial charge in [0.25, 0.3) is 5.56 Å². The number of carbonyl (C=O) groups excluding carboxylic acids is 1. The monoisotopic (exact) mass is 418 g/mol. The smallest absolute Gasteiger partial charge is 0.337 e. The maximum atomic E-state index is 13.2. The SMILES string of the molecule is CCOC(=O)C1=C(c2ccccc2)Nc2c(c(=O)n(C)c(=O)n2C)C1c1ccccn1. The predicted molar refractivity (Wildman–Crippen MR) is 117 cm³/mol. The third-order valence-electron chi connectivity index (χ3n) is 5.33. The second-order valence-electron chi connectivity index (χ2n) is 7.16. The van der Waals surface area contributed by atoms with E-state index in [1.165, 1.54) is 11.6 Å². The van der Waals surface area contributed by atoms with E-state index in [9.17, 15) is 14.4 Å². The number of rotatable bonds is 4. The predicted octanol–water partition coefficient (Wildman–Crippen LogP) is 2.01. The van der Waals surface area contributed by atoms with E-state index in [1.54, 1.807) is 38.4 Å². The minimum atomic E-state index is -0.808. The van der Waals surface area contributed by atoms with Crippen LogP contribution in [0.1, 0.15) is 29.7 Å². The highest BCUT2D eigenvalue weighted by molar-refractivity contribution is 6.04. The second kappa shape index (κ2) is 8.06. The summed E-state index contributed by atoms with van der Waals surface area (Å²) in [6.07, 6.45) is 1.61. The van der Waals surface area contributed by atoms with E-state index in [0.717, 1.165) is 10.1 Å². The molecule has 0 bridgehead atoms. The van der Waals surface area contributed by atoms with Crippen molar-refractivity contribution in [2.24, 2.45) is 14.1 Å². The van der Waals surface area contributed by atoms with Gasteiger partial charge in [-0.2, -0.15) is 0 Å². The minimum Gasteiger partial charge on any atom is -0.463 e. The quantitative estimate of drug-likeness (QED) is 0.652. The summed E-state index contributed by atoms with van der Waals surface area (Å²) in [5, 5.41) is 3.18. The van der Waals surface area contributed by atoms with E-state index in [1.807, 2.05) is 30.3 Å². The lowest BCUT2D eigenvalue weighted by Crippen LogP contribution is -2.43. The lowest BCUT2D eigenvalue weighted by molar-refractivity contribution is -0.138. The van der Waals surface area contributed by atoms with Crippen molar-refractivity contribution in [2.45, 2.75) is 12.8 Å². The zero-order chi connectivity index (χ0) is 22.1. The van der Waals surface area contributed by atoms with Gasteiger partial charge in [0.05, 0.1) is 35.1 Å². The number of anilines is 1. The first-order valence-corrected chi connectivity index (χ1v) is 9.90. The molecule has 0 spiro atoms. The molecule has 0 amide bonds. The molecule has 1 unspecified atom stereocenters. The fourth-order valence-corrected chi connectivity index (χ4v) is 3.86. The first-order chi connectivity index (χ1) is 15.0. The Balaban J connectivity index is 2.13. The van der Waals surface area contributed by atoms with Crippen LogP contribution in [-0.4, -0.2) is 26.7 Å². The van der Waals surface area contributed by atoms with Gasteiger partial charge >= 0.3 is 11.7 Å². The van der Waals surface area contributed by atoms with Gasteiger partial charge in [0.1, 0.15) is 5.82 Å². The molecule has 0 fully saturated rings. The van der Waals surface area contributed by atoms with Crippen LogP contribution < -0.4 is 16.6 Å². The van der Waals surface area contributed by atoms with Crippen LogP contribution in [0.25, 0.3) is 5.70 Å². The Labute approximate surface area is 178 Å². The van der Waals surface area contributed by atoms with Crippen molar-refractivity contribution in [3.05, 3.63) is 98.0 Å². The number of hydrogen-bond donors (Lipinski definition) is 1. The van der Waals surface area contributed by atoms with Crippen LogP contribution in [0, 0.1) is 0 Å². The number of aromatic nitrogens is 3. The number of ether oxygens (including phenoxy) is 1. The fraction of sp³-hybridized carbons (Fsp3) is 0.217. The van der Waals surface area contributed by atoms with Gasteiger partial charge in [-0.25, -0.2) is 9.59 Å². The van der Waals surface area contributed by atoms with Crippen LogP contribution in [-0.2, 0) is 23.6 Å². The number of fused-ring (bicyclic) bond motifs is 1. The Kier molecular flexibility index (Phi) is 5.29. The Morgan fingerprint density at radius 1 is 1.06 bits per heavy atom. The van der Waals surface area contributed by atoms with E-state index >= 15 is 0 Å². The summed E-state index contributed by atoms with van der Waals surface area (Å²) in [4.78, 5) is 43.5. The van der Waals surface area contributed by atoms with Crippen LogP contribution in [0.2, 0.25) is 0 Å². The van der Waals surface area contributed by atoms with Crippen molar-refractivity contribution in [2.75, 3.05) is 11.9 Å². The molecule has 0 aliphatic carbocycles. The normalized spacial score (nSPS) is 15.3. The summed E-state index contributed by atoms with van der Waals surface area (Å²) in [6.45, 7) is 1.90. The molecule has 1 N–H and O–H groups in total. The van der Waals surface area contributed by atoms with Crippen molar-refractivity contribution >= 4 is 17.5 Å². The molecule has 2 aromatic heterocycles. The first-order valence-electron chi connectivity index (χ1n) is 9.90. The van der Waals surface area contributed by atoms with Gasteiger partial charge in [-0.3, -0.25) is 18.9 Å². The van der Waals surface area contributed by atoms with Crippen molar-refractivity contribution in [1.82, 2.24) is 14.1 Å². The number of nitrogens with one attached hydrogen (secondary N) is 1. The number of nitrogens with zero attached hydrogens (tertiary/aromatic N) is 3. The van der Waals surface area contributed by atoms with Crippen molar-refractivity contribution in [1.29, 1.82) is 0 Å². The lowest BCUT2D eigenvalue weighted by atomic mass is 9.83. The van der Waals surface area contributed by atoms with E-state index < -0.39 is 23.1 Å². The molecule has 8 nitrogen and oxygen atoms in total. The molecule has 3 heterocycles. The molecule has 3 aromatic rings. The molecule has 8 heteroatoms. The summed E-state index contributed by atoms with van der Waals surface area (Å²) >= 11 is 0. The summed E-state index contributed by atoms with van der Waals surface area (Å²) in [5.74, 6) is -1.03. The molecule has 1 atom stereocenters. The number of carbonyl (C=O) groups is 1. The Morgan fingerprint density at radius 2 is 1.77 bits per heavy atom. The largest absolute Gasteiger partial charge is 0.463 e. The molecule has 1 aliphatic rings. The van der Waals surface area contributed by atoms with E-state index in [0.29, 0.717) is 17.2 Å². The third-order valence-corrected chi connectivity index (χ3v) is 5.33. The number of esters is 1. The molecule has 1 aromatic carbocycles. The van der Waals surface area contributed by atoms with Gasteiger partial charge < -0.3 is 10.1 Å². The van der Waals surface area contributed by atoms with Crippen LogP contribution in [0.5, 0.6) is 0 Å². The lowest BCUT2D eigenvalue weighted by Gasteiger charge is -2.31. The van der Waals surface area contributed by atoms with E-state index in [4.69, 9.17) is 4.74 Å². The second-order valence-corrected chi connectivity index (χ2v) is 7.16. The molecule has 0 radical (unpaired) electrons. The van der Waals surface area contributed by atoms with Gasteiger partial charge in [-0.1, -0.05) is 36.4 Å². The molecule has 0 saturated carbocycles. The highest BCUT2D eigenvalue weighted by atomic mass is 16.5. The maximum Gasteiger partial charge on any atom is 0.337 e. The van der Waals surface area contributed by atoms with Gasteiger partial charge in [0, 0.05) is 20.3 Å². The number of pyridine rings is 1. The zero-order valence-electron chi connectivity index (χ0n) is 17.5. The van der Waals surface area contributed by atoms with Crippen LogP contribution >= 0.6 is 0 Å². The molecule has 0 saturated heterocycles. The third kappa shape index (κ3) is 3.35. The molecular formula is C23H22N4O4. The van der Waals surface area contributed by atoms with Gasteiger partial charge in [-0.05, 0) is 24.6 Å².